The second-order valence-electron chi connectivity index (χ2n) is 4.52. The van der Waals surface area contributed by atoms with Crippen molar-refractivity contribution in [2.24, 2.45) is 0 Å². The Hall–Kier alpha value is -1.74. The van der Waals surface area contributed by atoms with Crippen LogP contribution in [0.15, 0.2) is 0 Å². The average Bonchev–Trinajstić information content (AvgIpc) is 3.10. The molecule has 1 unspecified atom stereocenters. The fraction of sp³-hybridized carbons (Fsp3) is 0.667. The van der Waals surface area contributed by atoms with Crippen LogP contribution in [0.4, 0.5) is 5.13 Å². The van der Waals surface area contributed by atoms with Gasteiger partial charge < -0.3 is 16.2 Å². The van der Waals surface area contributed by atoms with Gasteiger partial charge in [-0.1, -0.05) is 18.3 Å². The fourth-order valence-corrected chi connectivity index (χ4v) is 2.83. The van der Waals surface area contributed by atoms with Gasteiger partial charge in [0.2, 0.25) is 11.0 Å². The predicted octanol–water partition coefficient (Wildman–Crippen LogP) is 0.312. The summed E-state index contributed by atoms with van der Waals surface area (Å²) in [6.07, 6.45) is 3.22. The summed E-state index contributed by atoms with van der Waals surface area (Å²) < 4.78 is 0. The van der Waals surface area contributed by atoms with Gasteiger partial charge in [-0.2, -0.15) is 0 Å². The lowest BCUT2D eigenvalue weighted by Gasteiger charge is -2.25. The lowest BCUT2D eigenvalue weighted by molar-refractivity contribution is -0.126. The van der Waals surface area contributed by atoms with Crippen molar-refractivity contribution in [3.05, 3.63) is 5.01 Å². The zero-order valence-corrected chi connectivity index (χ0v) is 12.8. The molecule has 1 aromatic rings. The molecule has 9 heteroatoms. The molecule has 1 fully saturated rings. The van der Waals surface area contributed by atoms with Crippen molar-refractivity contribution in [2.75, 3.05) is 18.8 Å². The second kappa shape index (κ2) is 9.24. The number of carbonyl (C=O) groups excluding carboxylic acids is 1. The highest BCUT2D eigenvalue weighted by molar-refractivity contribution is 7.15. The number of rotatable bonds is 5. The summed E-state index contributed by atoms with van der Waals surface area (Å²) >= 11 is 1.31. The first-order chi connectivity index (χ1) is 10.1. The number of nitrogens with zero attached hydrogens (tertiary/aromatic N) is 3. The van der Waals surface area contributed by atoms with Gasteiger partial charge in [0, 0.05) is 0 Å². The van der Waals surface area contributed by atoms with Gasteiger partial charge in [-0.05, 0) is 32.4 Å². The number of hydrogen-bond donors (Lipinski definition) is 3. The van der Waals surface area contributed by atoms with Crippen LogP contribution < -0.4 is 11.1 Å². The van der Waals surface area contributed by atoms with Crippen LogP contribution >= 0.6 is 11.3 Å². The summed E-state index contributed by atoms with van der Waals surface area (Å²) in [5.74, 6) is 0.0770. The third-order valence-corrected chi connectivity index (χ3v) is 3.92. The van der Waals surface area contributed by atoms with Crippen LogP contribution in [0.1, 0.15) is 31.2 Å². The summed E-state index contributed by atoms with van der Waals surface area (Å²) in [7, 11) is 0. The molecule has 0 spiro atoms. The molecule has 8 nitrogen and oxygen atoms in total. The molecule has 1 atom stereocenters. The minimum Gasteiger partial charge on any atom is -0.483 e. The van der Waals surface area contributed by atoms with Crippen LogP contribution in [0.3, 0.4) is 0 Å². The molecule has 21 heavy (non-hydrogen) atoms. The summed E-state index contributed by atoms with van der Waals surface area (Å²) in [6, 6.07) is -0.0160. The smallest absolute Gasteiger partial charge is 0.290 e. The molecule has 0 aromatic carbocycles. The SMILES string of the molecule is CCC(C(=O)NCc1nnc(N)s1)N1CCCC1.O=CO. The number of hydrogen-bond acceptors (Lipinski definition) is 7. The topological polar surface area (TPSA) is 121 Å². The molecule has 1 aromatic heterocycles. The van der Waals surface area contributed by atoms with Gasteiger partial charge in [0.15, 0.2) is 0 Å². The van der Waals surface area contributed by atoms with E-state index >= 15 is 0 Å². The molecule has 2 heterocycles. The summed E-state index contributed by atoms with van der Waals surface area (Å²) in [6.45, 7) is 4.26. The number of aromatic nitrogens is 2. The number of nitrogens with one attached hydrogen (secondary N) is 1. The molecule has 2 rings (SSSR count). The lowest BCUT2D eigenvalue weighted by Crippen LogP contribution is -2.45. The van der Waals surface area contributed by atoms with Gasteiger partial charge in [-0.3, -0.25) is 14.5 Å². The molecule has 118 valence electrons. The van der Waals surface area contributed by atoms with Crippen molar-refractivity contribution in [3.8, 4) is 0 Å². The summed E-state index contributed by atoms with van der Waals surface area (Å²) in [5, 5.41) is 18.6. The maximum atomic E-state index is 12.1. The Morgan fingerprint density at radius 2 is 2.14 bits per heavy atom. The van der Waals surface area contributed by atoms with Crippen LogP contribution in [0.2, 0.25) is 0 Å². The molecule has 0 bridgehead atoms. The number of carboxylic acid groups (broad SMARTS) is 1. The molecule has 0 aliphatic carbocycles. The fourth-order valence-electron chi connectivity index (χ4n) is 2.28. The maximum absolute atomic E-state index is 12.1. The van der Waals surface area contributed by atoms with Gasteiger partial charge in [-0.15, -0.1) is 10.2 Å². The van der Waals surface area contributed by atoms with Crippen LogP contribution in [-0.2, 0) is 16.1 Å². The number of likely N-dealkylation sites (tertiary alicyclic amines) is 1. The number of nitrogen functional groups attached to an aromatic ring is 1. The van der Waals surface area contributed by atoms with E-state index in [1.165, 1.54) is 24.2 Å². The molecule has 0 saturated carbocycles. The Labute approximate surface area is 127 Å². The first-order valence-corrected chi connectivity index (χ1v) is 7.61. The van der Waals surface area contributed by atoms with E-state index in [9.17, 15) is 4.79 Å². The molecule has 1 amide bonds. The Morgan fingerprint density at radius 3 is 2.62 bits per heavy atom. The van der Waals surface area contributed by atoms with E-state index in [0.29, 0.717) is 11.7 Å². The van der Waals surface area contributed by atoms with Crippen molar-refractivity contribution < 1.29 is 14.7 Å². The monoisotopic (exact) mass is 315 g/mol. The highest BCUT2D eigenvalue weighted by Gasteiger charge is 2.26. The largest absolute Gasteiger partial charge is 0.483 e. The summed E-state index contributed by atoms with van der Waals surface area (Å²) in [5.41, 5.74) is 5.49. The molecule has 0 radical (unpaired) electrons. The second-order valence-corrected chi connectivity index (χ2v) is 5.62. The Bertz CT molecular complexity index is 448. The van der Waals surface area contributed by atoms with E-state index in [-0.39, 0.29) is 18.4 Å². The zero-order valence-electron chi connectivity index (χ0n) is 12.0. The number of carbonyl (C=O) groups is 2. The molecular formula is C12H21N5O3S. The van der Waals surface area contributed by atoms with Gasteiger partial charge in [0.1, 0.15) is 5.01 Å². The van der Waals surface area contributed by atoms with E-state index in [4.69, 9.17) is 15.6 Å². The van der Waals surface area contributed by atoms with Crippen molar-refractivity contribution in [3.63, 3.8) is 0 Å². The first kappa shape index (κ1) is 17.3. The minimum atomic E-state index is -0.250. The molecule has 1 aliphatic heterocycles. The van der Waals surface area contributed by atoms with Crippen molar-refractivity contribution in [2.45, 2.75) is 38.8 Å². The van der Waals surface area contributed by atoms with Crippen LogP contribution in [0, 0.1) is 0 Å². The number of anilines is 1. The zero-order chi connectivity index (χ0) is 15.7. The maximum Gasteiger partial charge on any atom is 0.290 e. The highest BCUT2D eigenvalue weighted by atomic mass is 32.1. The van der Waals surface area contributed by atoms with Gasteiger partial charge in [0.05, 0.1) is 12.6 Å². The first-order valence-electron chi connectivity index (χ1n) is 6.79. The Morgan fingerprint density at radius 1 is 1.52 bits per heavy atom. The van der Waals surface area contributed by atoms with E-state index in [1.807, 2.05) is 6.92 Å². The normalized spacial score (nSPS) is 15.9. The van der Waals surface area contributed by atoms with E-state index in [0.717, 1.165) is 24.5 Å². The highest BCUT2D eigenvalue weighted by Crippen LogP contribution is 2.15. The minimum absolute atomic E-state index is 0.0160. The third kappa shape index (κ3) is 5.64. The standard InChI is InChI=1S/C11H19N5OS.CH2O2/c1-2-8(16-5-3-4-6-16)10(17)13-7-9-14-15-11(12)18-9;2-1-3/h8H,2-7H2,1H3,(H2,12,15)(H,13,17);1H,(H,2,3). The average molecular weight is 315 g/mol. The molecule has 1 aliphatic rings. The van der Waals surface area contributed by atoms with Gasteiger partial charge in [-0.25, -0.2) is 0 Å². The van der Waals surface area contributed by atoms with Crippen LogP contribution in [-0.4, -0.2) is 51.7 Å². The summed E-state index contributed by atoms with van der Waals surface area (Å²) in [4.78, 5) is 22.7. The van der Waals surface area contributed by atoms with Gasteiger partial charge in [0.25, 0.3) is 6.47 Å². The molecule has 4 N–H and O–H groups in total. The Balaban J connectivity index is 0.000000677. The molecular weight excluding hydrogens is 294 g/mol. The van der Waals surface area contributed by atoms with Crippen molar-refractivity contribution >= 4 is 28.8 Å². The lowest BCUT2D eigenvalue weighted by atomic mass is 10.2. The van der Waals surface area contributed by atoms with E-state index in [1.54, 1.807) is 0 Å². The van der Waals surface area contributed by atoms with Crippen molar-refractivity contribution in [1.82, 2.24) is 20.4 Å². The number of nitrogens with two attached hydrogens (primary N) is 1. The quantitative estimate of drug-likeness (QED) is 0.668. The third-order valence-electron chi connectivity index (χ3n) is 3.17. The predicted molar refractivity (Wildman–Crippen MR) is 79.7 cm³/mol. The van der Waals surface area contributed by atoms with Gasteiger partial charge >= 0.3 is 0 Å². The van der Waals surface area contributed by atoms with E-state index < -0.39 is 0 Å². The Kier molecular flexibility index (Phi) is 7.62. The van der Waals surface area contributed by atoms with Crippen LogP contribution in [0.5, 0.6) is 0 Å². The number of amides is 1. The van der Waals surface area contributed by atoms with E-state index in [2.05, 4.69) is 20.4 Å². The van der Waals surface area contributed by atoms with Crippen LogP contribution in [0.25, 0.3) is 0 Å². The van der Waals surface area contributed by atoms with Crippen molar-refractivity contribution in [1.29, 1.82) is 0 Å². The molecule has 1 saturated heterocycles.